The van der Waals surface area contributed by atoms with Crippen LogP contribution in [-0.2, 0) is 15.6 Å². The molecule has 8 nitrogen and oxygen atoms in total. The van der Waals surface area contributed by atoms with Crippen molar-refractivity contribution in [3.63, 3.8) is 0 Å². The molecule has 2 aliphatic rings. The Morgan fingerprint density at radius 2 is 1.71 bits per heavy atom. The summed E-state index contributed by atoms with van der Waals surface area (Å²) in [5, 5.41) is 10.2. The monoisotopic (exact) mass is 550 g/mol. The van der Waals surface area contributed by atoms with Crippen LogP contribution in [0.2, 0.25) is 0 Å². The van der Waals surface area contributed by atoms with Crippen LogP contribution in [0.15, 0.2) is 59.6 Å². The number of nitriles is 1. The van der Waals surface area contributed by atoms with E-state index in [0.29, 0.717) is 30.3 Å². The fourth-order valence-corrected chi connectivity index (χ4v) is 6.62. The number of pyridine rings is 1. The predicted molar refractivity (Wildman–Crippen MR) is 150 cm³/mol. The zero-order chi connectivity index (χ0) is 26.5. The van der Waals surface area contributed by atoms with Gasteiger partial charge in [0, 0.05) is 50.3 Å². The normalized spacial score (nSPS) is 15.7. The highest BCUT2D eigenvalue weighted by atomic mass is 32.2. The van der Waals surface area contributed by atoms with Crippen molar-refractivity contribution in [3.8, 4) is 28.8 Å². The Balaban J connectivity index is 1.22. The van der Waals surface area contributed by atoms with E-state index in [1.54, 1.807) is 17.8 Å². The third-order valence-corrected chi connectivity index (χ3v) is 8.42. The lowest BCUT2D eigenvalue weighted by atomic mass is 10.1. The first-order valence-corrected chi connectivity index (χ1v) is 15.6. The maximum Gasteiger partial charge on any atom is 0.186 e. The van der Waals surface area contributed by atoms with Crippen LogP contribution in [0.5, 0.6) is 11.5 Å². The van der Waals surface area contributed by atoms with Crippen molar-refractivity contribution >= 4 is 27.3 Å². The first kappa shape index (κ1) is 26.4. The molecule has 3 aromatic rings. The van der Waals surface area contributed by atoms with Crippen LogP contribution in [0.25, 0.3) is 11.3 Å². The second-order valence-electron chi connectivity index (χ2n) is 9.37. The molecule has 0 radical (unpaired) electrons. The summed E-state index contributed by atoms with van der Waals surface area (Å²) in [6.45, 7) is 5.27. The van der Waals surface area contributed by atoms with Gasteiger partial charge in [-0.3, -0.25) is 4.90 Å². The molecule has 0 bridgehead atoms. The maximum atomic E-state index is 12.0. The minimum absolute atomic E-state index is 0.0171. The summed E-state index contributed by atoms with van der Waals surface area (Å²) < 4.78 is 35.7. The highest BCUT2D eigenvalue weighted by Crippen LogP contribution is 2.42. The number of thioether (sulfide) groups is 1. The van der Waals surface area contributed by atoms with Crippen molar-refractivity contribution in [2.24, 2.45) is 0 Å². The summed E-state index contributed by atoms with van der Waals surface area (Å²) in [4.78, 5) is 9.54. The molecule has 0 amide bonds. The summed E-state index contributed by atoms with van der Waals surface area (Å²) in [6.07, 6.45) is 1.26. The Morgan fingerprint density at radius 1 is 0.974 bits per heavy atom. The molecule has 5 rings (SSSR count). The van der Waals surface area contributed by atoms with Crippen LogP contribution in [-0.4, -0.2) is 76.2 Å². The van der Waals surface area contributed by atoms with Crippen LogP contribution >= 0.6 is 11.8 Å². The van der Waals surface area contributed by atoms with Crippen molar-refractivity contribution in [2.45, 2.75) is 10.8 Å². The van der Waals surface area contributed by atoms with Crippen LogP contribution in [0.1, 0.15) is 11.1 Å². The number of ether oxygens (including phenoxy) is 2. The molecule has 1 saturated heterocycles. The van der Waals surface area contributed by atoms with Gasteiger partial charge < -0.3 is 14.4 Å². The standard InChI is InChI=1S/C28H30N4O4S2/c1-38(33,34)20-23-7-9-24(21-5-3-2-4-6-21)30-28(23)37-18-15-31-11-13-32(14-12-31)25-10-8-22(19-29)26-27(25)36-17-16-35-26/h2-10H,11-18,20H2,1H3. The van der Waals surface area contributed by atoms with Gasteiger partial charge in [-0.25, -0.2) is 13.4 Å². The number of hydrogen-bond donors (Lipinski definition) is 0. The molecular weight excluding hydrogens is 520 g/mol. The van der Waals surface area contributed by atoms with Gasteiger partial charge in [-0.2, -0.15) is 5.26 Å². The molecule has 0 spiro atoms. The van der Waals surface area contributed by atoms with Gasteiger partial charge >= 0.3 is 0 Å². The molecule has 198 valence electrons. The molecular formula is C28H30N4O4S2. The van der Waals surface area contributed by atoms with Crippen LogP contribution in [0.3, 0.4) is 0 Å². The Morgan fingerprint density at radius 3 is 2.42 bits per heavy atom. The first-order chi connectivity index (χ1) is 18.4. The van der Waals surface area contributed by atoms with Gasteiger partial charge in [-0.15, -0.1) is 11.8 Å². The predicted octanol–water partition coefficient (Wildman–Crippen LogP) is 3.85. The molecule has 0 atom stereocenters. The molecule has 10 heteroatoms. The van der Waals surface area contributed by atoms with Crippen molar-refractivity contribution in [2.75, 3.05) is 62.8 Å². The van der Waals surface area contributed by atoms with Crippen molar-refractivity contribution in [1.82, 2.24) is 9.88 Å². The third-order valence-electron chi connectivity index (χ3n) is 6.57. The summed E-state index contributed by atoms with van der Waals surface area (Å²) in [6, 6.07) is 19.7. The number of benzene rings is 2. The van der Waals surface area contributed by atoms with Crippen molar-refractivity contribution in [1.29, 1.82) is 5.26 Å². The Hall–Kier alpha value is -3.26. The number of piperazine rings is 1. The number of fused-ring (bicyclic) bond motifs is 1. The summed E-state index contributed by atoms with van der Waals surface area (Å²) >= 11 is 1.61. The van der Waals surface area contributed by atoms with Crippen LogP contribution < -0.4 is 14.4 Å². The molecule has 1 aromatic heterocycles. The Kier molecular flexibility index (Phi) is 8.07. The fourth-order valence-electron chi connectivity index (χ4n) is 4.70. The maximum absolute atomic E-state index is 12.0. The van der Waals surface area contributed by atoms with Gasteiger partial charge in [0.05, 0.1) is 22.7 Å². The highest BCUT2D eigenvalue weighted by molar-refractivity contribution is 7.99. The van der Waals surface area contributed by atoms with Crippen LogP contribution in [0.4, 0.5) is 5.69 Å². The van der Waals surface area contributed by atoms with Gasteiger partial charge in [0.1, 0.15) is 24.3 Å². The third kappa shape index (κ3) is 6.23. The smallest absolute Gasteiger partial charge is 0.186 e. The second kappa shape index (κ2) is 11.6. The van der Waals surface area contributed by atoms with Crippen LogP contribution in [0, 0.1) is 11.3 Å². The number of aromatic nitrogens is 1. The van der Waals surface area contributed by atoms with E-state index in [4.69, 9.17) is 14.5 Å². The molecule has 0 N–H and O–H groups in total. The number of sulfone groups is 1. The first-order valence-electron chi connectivity index (χ1n) is 12.6. The number of rotatable bonds is 8. The van der Waals surface area contributed by atoms with E-state index in [-0.39, 0.29) is 5.75 Å². The van der Waals surface area contributed by atoms with Gasteiger partial charge in [0.2, 0.25) is 0 Å². The Bertz CT molecular complexity index is 1430. The van der Waals surface area contributed by atoms with E-state index in [1.165, 1.54) is 6.26 Å². The Labute approximate surface area is 228 Å². The molecule has 1 fully saturated rings. The van der Waals surface area contributed by atoms with E-state index in [2.05, 4.69) is 15.9 Å². The van der Waals surface area contributed by atoms with E-state index in [1.807, 2.05) is 48.5 Å². The number of anilines is 1. The molecule has 38 heavy (non-hydrogen) atoms. The quantitative estimate of drug-likeness (QED) is 0.388. The van der Waals surface area contributed by atoms with Gasteiger partial charge in [0.25, 0.3) is 0 Å². The molecule has 2 aliphatic heterocycles. The minimum atomic E-state index is -3.17. The largest absolute Gasteiger partial charge is 0.485 e. The van der Waals surface area contributed by atoms with Gasteiger partial charge in [-0.1, -0.05) is 36.4 Å². The van der Waals surface area contributed by atoms with E-state index >= 15 is 0 Å². The van der Waals surface area contributed by atoms with E-state index in [0.717, 1.165) is 66.0 Å². The number of nitrogens with zero attached hydrogens (tertiary/aromatic N) is 4. The fraction of sp³-hybridized carbons (Fsp3) is 0.357. The van der Waals surface area contributed by atoms with E-state index < -0.39 is 9.84 Å². The van der Waals surface area contributed by atoms with E-state index in [9.17, 15) is 13.7 Å². The molecule has 2 aromatic carbocycles. The van der Waals surface area contributed by atoms with Crippen molar-refractivity contribution in [3.05, 3.63) is 65.7 Å². The lowest BCUT2D eigenvalue weighted by molar-refractivity contribution is 0.171. The topological polar surface area (TPSA) is 95.8 Å². The molecule has 0 aliphatic carbocycles. The summed E-state index contributed by atoms with van der Waals surface area (Å²) in [5.74, 6) is 2.01. The molecule has 0 saturated carbocycles. The highest BCUT2D eigenvalue weighted by Gasteiger charge is 2.26. The summed E-state index contributed by atoms with van der Waals surface area (Å²) in [7, 11) is -3.17. The minimum Gasteiger partial charge on any atom is -0.485 e. The second-order valence-corrected chi connectivity index (χ2v) is 12.6. The molecule has 0 unspecified atom stereocenters. The average Bonchev–Trinajstić information content (AvgIpc) is 2.93. The lowest BCUT2D eigenvalue weighted by Crippen LogP contribution is -2.47. The number of hydrogen-bond acceptors (Lipinski definition) is 9. The van der Waals surface area contributed by atoms with Crippen molar-refractivity contribution < 1.29 is 17.9 Å². The summed E-state index contributed by atoms with van der Waals surface area (Å²) in [5.41, 5.74) is 4.07. The average molecular weight is 551 g/mol. The zero-order valence-electron chi connectivity index (χ0n) is 21.3. The molecule has 3 heterocycles. The van der Waals surface area contributed by atoms with Gasteiger partial charge in [-0.05, 0) is 23.8 Å². The SMILES string of the molecule is CS(=O)(=O)Cc1ccc(-c2ccccc2)nc1SCCN1CCN(c2ccc(C#N)c3c2OCCO3)CC1. The zero-order valence-corrected chi connectivity index (χ0v) is 22.9. The van der Waals surface area contributed by atoms with Gasteiger partial charge in [0.15, 0.2) is 21.3 Å². The lowest BCUT2D eigenvalue weighted by Gasteiger charge is -2.37.